The molecule has 90 valence electrons. The largest absolute Gasteiger partial charge is 0.479 e. The van der Waals surface area contributed by atoms with Gasteiger partial charge in [0.05, 0.1) is 0 Å². The van der Waals surface area contributed by atoms with Gasteiger partial charge in [0.1, 0.15) is 5.56 Å². The molecule has 0 saturated carbocycles. The third kappa shape index (κ3) is 2.41. The van der Waals surface area contributed by atoms with Gasteiger partial charge in [-0.2, -0.15) is 5.16 Å². The fraction of sp³-hybridized carbons (Fsp3) is 0.308. The number of aromatic hydroxyl groups is 1. The van der Waals surface area contributed by atoms with E-state index in [0.717, 1.165) is 5.56 Å². The first kappa shape index (κ1) is 11.5. The van der Waals surface area contributed by atoms with E-state index in [0.29, 0.717) is 12.3 Å². The topological polar surface area (TPSA) is 66.2 Å². The molecule has 17 heavy (non-hydrogen) atoms. The molecule has 2 N–H and O–H groups in total. The molecule has 0 fully saturated rings. The summed E-state index contributed by atoms with van der Waals surface area (Å²) in [5, 5.41) is 11.4. The zero-order chi connectivity index (χ0) is 12.4. The van der Waals surface area contributed by atoms with Crippen molar-refractivity contribution in [3.8, 4) is 5.95 Å². The highest BCUT2D eigenvalue weighted by molar-refractivity contribution is 5.31. The van der Waals surface area contributed by atoms with Gasteiger partial charge in [0.15, 0.2) is 0 Å². The van der Waals surface area contributed by atoms with Gasteiger partial charge in [-0.1, -0.05) is 38.1 Å². The minimum absolute atomic E-state index is 0.266. The maximum absolute atomic E-state index is 11.3. The average molecular weight is 233 g/mol. The molecule has 4 nitrogen and oxygen atoms in total. The predicted octanol–water partition coefficient (Wildman–Crippen LogP) is 2.39. The van der Waals surface area contributed by atoms with Crippen molar-refractivity contribution in [2.75, 3.05) is 0 Å². The van der Waals surface area contributed by atoms with E-state index >= 15 is 0 Å². The third-order valence-electron chi connectivity index (χ3n) is 2.80. The summed E-state index contributed by atoms with van der Waals surface area (Å²) in [4.78, 5) is 11.3. The van der Waals surface area contributed by atoms with Crippen molar-refractivity contribution in [1.82, 2.24) is 5.16 Å². The van der Waals surface area contributed by atoms with Gasteiger partial charge < -0.3 is 9.63 Å². The Morgan fingerprint density at radius 3 is 2.41 bits per heavy atom. The van der Waals surface area contributed by atoms with Gasteiger partial charge in [-0.3, -0.25) is 4.79 Å². The number of hydrogen-bond acceptors (Lipinski definition) is 3. The monoisotopic (exact) mass is 233 g/mol. The maximum atomic E-state index is 11.3. The van der Waals surface area contributed by atoms with Crippen LogP contribution in [0.4, 0.5) is 0 Å². The average Bonchev–Trinajstić information content (AvgIpc) is 2.61. The fourth-order valence-corrected chi connectivity index (χ4v) is 1.70. The minimum Gasteiger partial charge on any atom is -0.479 e. The first-order chi connectivity index (χ1) is 8.08. The van der Waals surface area contributed by atoms with E-state index in [4.69, 9.17) is 0 Å². The van der Waals surface area contributed by atoms with Crippen LogP contribution in [-0.4, -0.2) is 10.3 Å². The van der Waals surface area contributed by atoms with Crippen LogP contribution >= 0.6 is 0 Å². The lowest BCUT2D eigenvalue weighted by atomic mass is 10.00. The Labute approximate surface area is 98.9 Å². The van der Waals surface area contributed by atoms with E-state index in [1.807, 2.05) is 24.3 Å². The highest BCUT2D eigenvalue weighted by atomic mass is 16.6. The molecule has 0 aliphatic carbocycles. The number of hydrogen-bond donors (Lipinski definition) is 2. The van der Waals surface area contributed by atoms with Crippen molar-refractivity contribution in [1.29, 1.82) is 0 Å². The maximum Gasteiger partial charge on any atom is 0.313 e. The predicted molar refractivity (Wildman–Crippen MR) is 64.3 cm³/mol. The number of H-pyrrole nitrogens is 1. The molecule has 1 heterocycles. The van der Waals surface area contributed by atoms with E-state index in [-0.39, 0.29) is 17.1 Å². The van der Waals surface area contributed by atoms with Crippen LogP contribution < -0.4 is 5.56 Å². The van der Waals surface area contributed by atoms with Crippen molar-refractivity contribution < 1.29 is 9.63 Å². The highest BCUT2D eigenvalue weighted by Gasteiger charge is 2.11. The molecule has 0 saturated heterocycles. The number of aromatic nitrogens is 1. The van der Waals surface area contributed by atoms with Crippen LogP contribution in [0.15, 0.2) is 33.6 Å². The van der Waals surface area contributed by atoms with E-state index < -0.39 is 0 Å². The molecular formula is C13H15NO3. The van der Waals surface area contributed by atoms with E-state index in [9.17, 15) is 9.90 Å². The first-order valence-corrected chi connectivity index (χ1v) is 5.56. The van der Waals surface area contributed by atoms with Crippen molar-refractivity contribution in [3.63, 3.8) is 0 Å². The summed E-state index contributed by atoms with van der Waals surface area (Å²) < 4.78 is 4.55. The molecule has 1 aromatic heterocycles. The number of benzene rings is 1. The SMILES string of the molecule is CC(C)c1ccc(Cc2c(O)o[nH]c2=O)cc1. The summed E-state index contributed by atoms with van der Waals surface area (Å²) in [5.41, 5.74) is 2.11. The van der Waals surface area contributed by atoms with Crippen LogP contribution in [0, 0.1) is 0 Å². The molecular weight excluding hydrogens is 218 g/mol. The molecule has 4 heteroatoms. The number of aromatic amines is 1. The van der Waals surface area contributed by atoms with Crippen molar-refractivity contribution in [2.24, 2.45) is 0 Å². The van der Waals surface area contributed by atoms with Crippen LogP contribution in [0.2, 0.25) is 0 Å². The van der Waals surface area contributed by atoms with Gasteiger partial charge in [0, 0.05) is 6.42 Å². The number of nitrogens with one attached hydrogen (secondary N) is 1. The van der Waals surface area contributed by atoms with Crippen molar-refractivity contribution in [3.05, 3.63) is 51.3 Å². The Balaban J connectivity index is 2.22. The quantitative estimate of drug-likeness (QED) is 0.855. The van der Waals surface area contributed by atoms with Crippen molar-refractivity contribution >= 4 is 0 Å². The lowest BCUT2D eigenvalue weighted by Gasteiger charge is -2.05. The Morgan fingerprint density at radius 1 is 1.29 bits per heavy atom. The second-order valence-electron chi connectivity index (χ2n) is 4.39. The van der Waals surface area contributed by atoms with E-state index in [2.05, 4.69) is 23.5 Å². The molecule has 0 bridgehead atoms. The zero-order valence-electron chi connectivity index (χ0n) is 9.86. The summed E-state index contributed by atoms with van der Waals surface area (Å²) in [6, 6.07) is 7.99. The Hall–Kier alpha value is -1.97. The lowest BCUT2D eigenvalue weighted by Crippen LogP contribution is -2.05. The number of rotatable bonds is 3. The second kappa shape index (κ2) is 4.49. The standard InChI is InChI=1S/C13H15NO3/c1-8(2)10-5-3-9(4-6-10)7-11-12(15)14-17-13(11)16/h3-6,8,16H,7H2,1-2H3,(H,14,15). The van der Waals surface area contributed by atoms with E-state index in [1.54, 1.807) is 0 Å². The summed E-state index contributed by atoms with van der Waals surface area (Å²) in [5.74, 6) is 0.151. The molecule has 0 spiro atoms. The van der Waals surface area contributed by atoms with Crippen LogP contribution in [0.25, 0.3) is 0 Å². The molecule has 1 aromatic carbocycles. The summed E-state index contributed by atoms with van der Waals surface area (Å²) in [6.07, 6.45) is 0.371. The fourth-order valence-electron chi connectivity index (χ4n) is 1.70. The van der Waals surface area contributed by atoms with Gasteiger partial charge in [0.25, 0.3) is 5.56 Å². The Bertz CT molecular complexity index is 549. The second-order valence-corrected chi connectivity index (χ2v) is 4.39. The molecule has 0 radical (unpaired) electrons. The molecule has 2 aromatic rings. The van der Waals surface area contributed by atoms with Crippen LogP contribution in [0.3, 0.4) is 0 Å². The van der Waals surface area contributed by atoms with Gasteiger partial charge in [0.2, 0.25) is 0 Å². The van der Waals surface area contributed by atoms with Crippen LogP contribution in [0.1, 0.15) is 36.5 Å². The van der Waals surface area contributed by atoms with Crippen LogP contribution in [0.5, 0.6) is 5.95 Å². The van der Waals surface area contributed by atoms with E-state index in [1.165, 1.54) is 5.56 Å². The zero-order valence-corrected chi connectivity index (χ0v) is 9.86. The third-order valence-corrected chi connectivity index (χ3v) is 2.80. The first-order valence-electron chi connectivity index (χ1n) is 5.56. The molecule has 0 atom stereocenters. The van der Waals surface area contributed by atoms with Crippen molar-refractivity contribution in [2.45, 2.75) is 26.2 Å². The van der Waals surface area contributed by atoms with Gasteiger partial charge in [-0.15, -0.1) is 0 Å². The normalized spacial score (nSPS) is 11.0. The molecule has 0 aliphatic rings. The van der Waals surface area contributed by atoms with Gasteiger partial charge in [-0.25, -0.2) is 0 Å². The minimum atomic E-state index is -0.379. The molecule has 2 rings (SSSR count). The van der Waals surface area contributed by atoms with Crippen LogP contribution in [-0.2, 0) is 6.42 Å². The van der Waals surface area contributed by atoms with Gasteiger partial charge in [-0.05, 0) is 17.0 Å². The summed E-state index contributed by atoms with van der Waals surface area (Å²) in [7, 11) is 0. The lowest BCUT2D eigenvalue weighted by molar-refractivity contribution is 0.274. The Kier molecular flexibility index (Phi) is 3.04. The highest BCUT2D eigenvalue weighted by Crippen LogP contribution is 2.18. The molecule has 0 aliphatic heterocycles. The smallest absolute Gasteiger partial charge is 0.313 e. The summed E-state index contributed by atoms with van der Waals surface area (Å²) >= 11 is 0. The molecule has 0 amide bonds. The Morgan fingerprint density at radius 2 is 1.94 bits per heavy atom. The summed E-state index contributed by atoms with van der Waals surface area (Å²) in [6.45, 7) is 4.25. The van der Waals surface area contributed by atoms with Gasteiger partial charge >= 0.3 is 5.95 Å². The molecule has 0 unspecified atom stereocenters.